The molecule has 4 rings (SSSR count). The van der Waals surface area contributed by atoms with E-state index in [2.05, 4.69) is 15.3 Å². The van der Waals surface area contributed by atoms with Crippen molar-refractivity contribution in [1.82, 2.24) is 19.7 Å². The Morgan fingerprint density at radius 3 is 2.79 bits per heavy atom. The quantitative estimate of drug-likeness (QED) is 0.748. The maximum absolute atomic E-state index is 12.8. The molecule has 1 unspecified atom stereocenters. The van der Waals surface area contributed by atoms with Crippen molar-refractivity contribution in [2.75, 3.05) is 18.0 Å². The molecule has 3 aromatic rings. The number of nitrogens with one attached hydrogen (secondary N) is 1. The van der Waals surface area contributed by atoms with Gasteiger partial charge in [-0.05, 0) is 37.6 Å². The Kier molecular flexibility index (Phi) is 4.44. The molecule has 1 fully saturated rings. The molecule has 0 bridgehead atoms. The van der Waals surface area contributed by atoms with Gasteiger partial charge in [0.15, 0.2) is 0 Å². The van der Waals surface area contributed by atoms with Crippen LogP contribution in [0.4, 0.5) is 19.0 Å². The van der Waals surface area contributed by atoms with E-state index >= 15 is 0 Å². The predicted molar refractivity (Wildman–Crippen MR) is 97.3 cm³/mol. The second-order valence-electron chi connectivity index (χ2n) is 6.78. The van der Waals surface area contributed by atoms with Crippen molar-refractivity contribution >= 4 is 17.4 Å². The Morgan fingerprint density at radius 2 is 2.07 bits per heavy atom. The number of hydrogen-bond acceptors (Lipinski definition) is 4. The minimum absolute atomic E-state index is 0.120. The number of pyridine rings is 2. The Morgan fingerprint density at radius 1 is 1.25 bits per heavy atom. The maximum atomic E-state index is 12.8. The van der Waals surface area contributed by atoms with Crippen LogP contribution < -0.4 is 10.2 Å². The van der Waals surface area contributed by atoms with Gasteiger partial charge in [0.25, 0.3) is 5.91 Å². The molecule has 0 saturated carbocycles. The summed E-state index contributed by atoms with van der Waals surface area (Å²) in [5.41, 5.74) is 1.06. The molecule has 146 valence electrons. The van der Waals surface area contributed by atoms with Crippen molar-refractivity contribution in [3.63, 3.8) is 0 Å². The van der Waals surface area contributed by atoms with Crippen LogP contribution in [0.15, 0.2) is 42.7 Å². The van der Waals surface area contributed by atoms with Crippen molar-refractivity contribution in [3.8, 4) is 0 Å². The van der Waals surface area contributed by atoms with Gasteiger partial charge in [0, 0.05) is 31.5 Å². The number of aryl methyl sites for hydroxylation is 1. The van der Waals surface area contributed by atoms with Crippen molar-refractivity contribution in [3.05, 3.63) is 59.7 Å². The third kappa shape index (κ3) is 3.39. The van der Waals surface area contributed by atoms with Gasteiger partial charge >= 0.3 is 6.18 Å². The Balaban J connectivity index is 1.44. The number of aromatic nitrogens is 3. The summed E-state index contributed by atoms with van der Waals surface area (Å²) in [5.74, 6) is 0.249. The summed E-state index contributed by atoms with van der Waals surface area (Å²) in [7, 11) is 0. The Bertz CT molecular complexity index is 1010. The number of imidazole rings is 1. The van der Waals surface area contributed by atoms with Gasteiger partial charge in [-0.1, -0.05) is 6.07 Å². The Hall–Kier alpha value is -3.10. The summed E-state index contributed by atoms with van der Waals surface area (Å²) < 4.78 is 39.8. The lowest BCUT2D eigenvalue weighted by molar-refractivity contribution is -0.137. The number of hydrogen-bond donors (Lipinski definition) is 1. The molecule has 0 aromatic carbocycles. The van der Waals surface area contributed by atoms with Crippen LogP contribution in [-0.2, 0) is 6.18 Å². The molecule has 1 amide bonds. The molecule has 1 saturated heterocycles. The molecule has 6 nitrogen and oxygen atoms in total. The summed E-state index contributed by atoms with van der Waals surface area (Å²) in [6.45, 7) is 2.88. The summed E-state index contributed by atoms with van der Waals surface area (Å²) in [6, 6.07) is 7.79. The first kappa shape index (κ1) is 18.3. The van der Waals surface area contributed by atoms with Gasteiger partial charge < -0.3 is 10.2 Å². The number of carbonyl (C=O) groups is 1. The Labute approximate surface area is 159 Å². The van der Waals surface area contributed by atoms with Crippen LogP contribution >= 0.6 is 0 Å². The van der Waals surface area contributed by atoms with E-state index in [0.717, 1.165) is 12.3 Å². The molecular formula is C19H18F3N5O. The van der Waals surface area contributed by atoms with Gasteiger partial charge in [0.1, 0.15) is 17.2 Å². The number of rotatable bonds is 3. The van der Waals surface area contributed by atoms with Crippen LogP contribution in [0.1, 0.15) is 28.2 Å². The molecule has 0 spiro atoms. The third-order valence-electron chi connectivity index (χ3n) is 4.84. The van der Waals surface area contributed by atoms with Crippen LogP contribution in [0.3, 0.4) is 0 Å². The summed E-state index contributed by atoms with van der Waals surface area (Å²) in [6.07, 6.45) is -1.09. The van der Waals surface area contributed by atoms with Crippen molar-refractivity contribution < 1.29 is 18.0 Å². The number of anilines is 1. The van der Waals surface area contributed by atoms with Crippen LogP contribution in [0, 0.1) is 6.92 Å². The number of fused-ring (bicyclic) bond motifs is 1. The first-order valence-electron chi connectivity index (χ1n) is 8.85. The van der Waals surface area contributed by atoms with Crippen LogP contribution in [0.2, 0.25) is 0 Å². The van der Waals surface area contributed by atoms with Gasteiger partial charge in [0.2, 0.25) is 0 Å². The molecule has 9 heteroatoms. The zero-order valence-electron chi connectivity index (χ0n) is 15.1. The monoisotopic (exact) mass is 389 g/mol. The number of alkyl halides is 3. The number of amides is 1. The predicted octanol–water partition coefficient (Wildman–Crippen LogP) is 3.07. The smallest absolute Gasteiger partial charge is 0.354 e. The molecule has 28 heavy (non-hydrogen) atoms. The second kappa shape index (κ2) is 6.81. The summed E-state index contributed by atoms with van der Waals surface area (Å²) in [4.78, 5) is 22.9. The molecule has 3 aromatic heterocycles. The second-order valence-corrected chi connectivity index (χ2v) is 6.78. The van der Waals surface area contributed by atoms with Crippen molar-refractivity contribution in [1.29, 1.82) is 0 Å². The van der Waals surface area contributed by atoms with Crippen molar-refractivity contribution in [2.24, 2.45) is 0 Å². The fourth-order valence-electron chi connectivity index (χ4n) is 3.47. The molecule has 1 aliphatic rings. The van der Waals surface area contributed by atoms with Gasteiger partial charge in [-0.25, -0.2) is 9.97 Å². The highest BCUT2D eigenvalue weighted by atomic mass is 19.4. The first-order chi connectivity index (χ1) is 13.3. The maximum Gasteiger partial charge on any atom is 0.417 e. The molecule has 1 atom stereocenters. The van der Waals surface area contributed by atoms with Crippen molar-refractivity contribution in [2.45, 2.75) is 25.6 Å². The lowest BCUT2D eigenvalue weighted by Crippen LogP contribution is -2.38. The highest BCUT2D eigenvalue weighted by Gasteiger charge is 2.32. The molecule has 0 aliphatic carbocycles. The van der Waals surface area contributed by atoms with Crippen LogP contribution in [0.5, 0.6) is 0 Å². The summed E-state index contributed by atoms with van der Waals surface area (Å²) in [5, 5.41) is 3.00. The van der Waals surface area contributed by atoms with E-state index in [4.69, 9.17) is 0 Å². The zero-order valence-corrected chi connectivity index (χ0v) is 15.1. The molecule has 4 heterocycles. The average Bonchev–Trinajstić information content (AvgIpc) is 3.24. The largest absolute Gasteiger partial charge is 0.417 e. The van der Waals surface area contributed by atoms with E-state index in [-0.39, 0.29) is 11.9 Å². The molecule has 1 aliphatic heterocycles. The van der Waals surface area contributed by atoms with Gasteiger partial charge in [-0.3, -0.25) is 9.20 Å². The first-order valence-corrected chi connectivity index (χ1v) is 8.85. The van der Waals surface area contributed by atoms with E-state index in [1.807, 2.05) is 23.1 Å². The fraction of sp³-hybridized carbons (Fsp3) is 0.316. The fourth-order valence-corrected chi connectivity index (χ4v) is 3.47. The molecule has 0 radical (unpaired) electrons. The highest BCUT2D eigenvalue weighted by Crippen LogP contribution is 2.30. The number of carbonyl (C=O) groups excluding carboxylic acids is 1. The SMILES string of the molecule is Cc1nc2ccccn2c1C(=O)NC1CCN(c2ccc(C(F)(F)F)cn2)C1. The minimum atomic E-state index is -4.40. The van der Waals surface area contributed by atoms with E-state index in [1.165, 1.54) is 6.07 Å². The molecular weight excluding hydrogens is 371 g/mol. The summed E-state index contributed by atoms with van der Waals surface area (Å²) >= 11 is 0. The normalized spacial score (nSPS) is 17.3. The van der Waals surface area contributed by atoms with Gasteiger partial charge in [0.05, 0.1) is 11.3 Å². The topological polar surface area (TPSA) is 62.5 Å². The van der Waals surface area contributed by atoms with Crippen LogP contribution in [0.25, 0.3) is 5.65 Å². The third-order valence-corrected chi connectivity index (χ3v) is 4.84. The zero-order chi connectivity index (χ0) is 19.9. The minimum Gasteiger partial charge on any atom is -0.354 e. The highest BCUT2D eigenvalue weighted by molar-refractivity contribution is 5.95. The standard InChI is InChI=1S/C19H18F3N5O/c1-12-17(27-8-3-2-4-16(27)24-12)18(28)25-14-7-9-26(11-14)15-6-5-13(10-23-15)19(20,21)22/h2-6,8,10,14H,7,9,11H2,1H3,(H,25,28). The lowest BCUT2D eigenvalue weighted by Gasteiger charge is -2.18. The lowest BCUT2D eigenvalue weighted by atomic mass is 10.2. The van der Waals surface area contributed by atoms with Gasteiger partial charge in [-0.2, -0.15) is 13.2 Å². The van der Waals surface area contributed by atoms with E-state index in [1.54, 1.807) is 17.5 Å². The average molecular weight is 389 g/mol. The van der Waals surface area contributed by atoms with E-state index in [9.17, 15) is 18.0 Å². The number of halogens is 3. The van der Waals surface area contributed by atoms with Gasteiger partial charge in [-0.15, -0.1) is 0 Å². The number of nitrogens with zero attached hydrogens (tertiary/aromatic N) is 4. The molecule has 1 N–H and O–H groups in total. The van der Waals surface area contributed by atoms with E-state index < -0.39 is 11.7 Å². The van der Waals surface area contributed by atoms with Crippen LogP contribution in [-0.4, -0.2) is 39.4 Å². The van der Waals surface area contributed by atoms with E-state index in [0.29, 0.717) is 42.4 Å².